The third-order valence-electron chi connectivity index (χ3n) is 2.32. The Morgan fingerprint density at radius 1 is 0.812 bits per heavy atom. The zero-order valence-corrected chi connectivity index (χ0v) is 8.37. The zero-order chi connectivity index (χ0) is 11.7. The first kappa shape index (κ1) is 10.4. The number of nitrogens with two attached hydrogens (primary N) is 2. The summed E-state index contributed by atoms with van der Waals surface area (Å²) >= 11 is 0. The van der Waals surface area contributed by atoms with Gasteiger partial charge in [-0.1, -0.05) is 6.07 Å². The molecule has 16 heavy (non-hydrogen) atoms. The number of halogens is 2. The standard InChI is InChI=1S/C12H10F2N2/c13-8-2-3-9(11(15)6-8)7-1-4-10(14)12(16)5-7/h1-6H,15-16H2. The first-order chi connectivity index (χ1) is 7.58. The molecule has 0 fully saturated rings. The van der Waals surface area contributed by atoms with E-state index in [9.17, 15) is 8.78 Å². The van der Waals surface area contributed by atoms with Crippen LogP contribution in [0.5, 0.6) is 0 Å². The molecule has 2 aromatic rings. The Kier molecular flexibility index (Phi) is 2.48. The van der Waals surface area contributed by atoms with Gasteiger partial charge in [-0.15, -0.1) is 0 Å². The Hall–Kier alpha value is -2.10. The summed E-state index contributed by atoms with van der Waals surface area (Å²) in [5.41, 5.74) is 12.8. The lowest BCUT2D eigenvalue weighted by molar-refractivity contribution is 0.628. The van der Waals surface area contributed by atoms with Crippen molar-refractivity contribution in [3.8, 4) is 11.1 Å². The molecule has 0 saturated carbocycles. The van der Waals surface area contributed by atoms with Gasteiger partial charge in [0.15, 0.2) is 0 Å². The van der Waals surface area contributed by atoms with Crippen LogP contribution in [-0.4, -0.2) is 0 Å². The number of hydrogen-bond acceptors (Lipinski definition) is 2. The lowest BCUT2D eigenvalue weighted by atomic mass is 10.0. The minimum absolute atomic E-state index is 0.0428. The van der Waals surface area contributed by atoms with E-state index >= 15 is 0 Å². The molecule has 2 aromatic carbocycles. The Balaban J connectivity index is 2.54. The van der Waals surface area contributed by atoms with E-state index in [1.807, 2.05) is 0 Å². The van der Waals surface area contributed by atoms with Crippen LogP contribution in [0, 0.1) is 11.6 Å². The summed E-state index contributed by atoms with van der Waals surface area (Å²) in [4.78, 5) is 0. The molecular weight excluding hydrogens is 210 g/mol. The molecule has 0 aliphatic carbocycles. The van der Waals surface area contributed by atoms with Crippen molar-refractivity contribution in [3.63, 3.8) is 0 Å². The minimum Gasteiger partial charge on any atom is -0.398 e. The highest BCUT2D eigenvalue weighted by atomic mass is 19.1. The van der Waals surface area contributed by atoms with E-state index in [-0.39, 0.29) is 5.69 Å². The number of benzene rings is 2. The summed E-state index contributed by atoms with van der Waals surface area (Å²) in [5.74, 6) is -0.888. The van der Waals surface area contributed by atoms with Gasteiger partial charge >= 0.3 is 0 Å². The summed E-state index contributed by atoms with van der Waals surface area (Å²) in [7, 11) is 0. The van der Waals surface area contributed by atoms with Crippen LogP contribution in [0.25, 0.3) is 11.1 Å². The monoisotopic (exact) mass is 220 g/mol. The summed E-state index contributed by atoms with van der Waals surface area (Å²) in [6.45, 7) is 0. The van der Waals surface area contributed by atoms with Crippen molar-refractivity contribution in [2.45, 2.75) is 0 Å². The lowest BCUT2D eigenvalue weighted by Crippen LogP contribution is -1.94. The van der Waals surface area contributed by atoms with Crippen molar-refractivity contribution in [3.05, 3.63) is 48.0 Å². The normalized spacial score (nSPS) is 10.4. The maximum atomic E-state index is 13.0. The van der Waals surface area contributed by atoms with Crippen molar-refractivity contribution in [1.82, 2.24) is 0 Å². The molecule has 82 valence electrons. The molecule has 0 unspecified atom stereocenters. The van der Waals surface area contributed by atoms with Gasteiger partial charge in [0.25, 0.3) is 0 Å². The maximum Gasteiger partial charge on any atom is 0.146 e. The van der Waals surface area contributed by atoms with E-state index in [1.54, 1.807) is 6.07 Å². The highest BCUT2D eigenvalue weighted by molar-refractivity contribution is 5.78. The summed E-state index contributed by atoms with van der Waals surface area (Å²) < 4.78 is 25.8. The molecule has 4 N–H and O–H groups in total. The fraction of sp³-hybridized carbons (Fsp3) is 0. The van der Waals surface area contributed by atoms with Crippen molar-refractivity contribution < 1.29 is 8.78 Å². The highest BCUT2D eigenvalue weighted by Crippen LogP contribution is 2.28. The Morgan fingerprint density at radius 3 is 2.19 bits per heavy atom. The summed E-state index contributed by atoms with van der Waals surface area (Å²) in [6, 6.07) is 8.33. The van der Waals surface area contributed by atoms with Gasteiger partial charge in [0, 0.05) is 11.3 Å². The Labute approximate surface area is 91.5 Å². The second-order valence-electron chi connectivity index (χ2n) is 3.47. The molecule has 0 spiro atoms. The Morgan fingerprint density at radius 2 is 1.56 bits per heavy atom. The fourth-order valence-corrected chi connectivity index (χ4v) is 1.51. The molecule has 0 heterocycles. The van der Waals surface area contributed by atoms with Crippen LogP contribution < -0.4 is 11.5 Å². The van der Waals surface area contributed by atoms with Crippen LogP contribution in [0.4, 0.5) is 20.2 Å². The smallest absolute Gasteiger partial charge is 0.146 e. The average Bonchev–Trinajstić information content (AvgIpc) is 2.22. The number of nitrogen functional groups attached to an aromatic ring is 2. The van der Waals surface area contributed by atoms with Crippen LogP contribution in [0.15, 0.2) is 36.4 Å². The predicted octanol–water partition coefficient (Wildman–Crippen LogP) is 2.80. The van der Waals surface area contributed by atoms with E-state index in [0.29, 0.717) is 16.8 Å². The number of rotatable bonds is 1. The largest absolute Gasteiger partial charge is 0.398 e. The molecule has 0 radical (unpaired) electrons. The maximum absolute atomic E-state index is 13.0. The van der Waals surface area contributed by atoms with E-state index < -0.39 is 11.6 Å². The Bertz CT molecular complexity index is 539. The van der Waals surface area contributed by atoms with Crippen LogP contribution >= 0.6 is 0 Å². The quantitative estimate of drug-likeness (QED) is 0.726. The summed E-state index contributed by atoms with van der Waals surface area (Å²) in [6.07, 6.45) is 0. The topological polar surface area (TPSA) is 52.0 Å². The molecule has 0 aliphatic heterocycles. The van der Waals surface area contributed by atoms with Crippen LogP contribution in [-0.2, 0) is 0 Å². The minimum atomic E-state index is -0.482. The fourth-order valence-electron chi connectivity index (χ4n) is 1.51. The lowest BCUT2D eigenvalue weighted by Gasteiger charge is -2.07. The van der Waals surface area contributed by atoms with E-state index in [4.69, 9.17) is 11.5 Å². The van der Waals surface area contributed by atoms with Gasteiger partial charge in [0.1, 0.15) is 11.6 Å². The molecule has 4 heteroatoms. The van der Waals surface area contributed by atoms with Crippen molar-refractivity contribution >= 4 is 11.4 Å². The van der Waals surface area contributed by atoms with Gasteiger partial charge in [-0.2, -0.15) is 0 Å². The molecule has 2 rings (SSSR count). The molecule has 0 bridgehead atoms. The van der Waals surface area contributed by atoms with E-state index in [0.717, 1.165) is 0 Å². The number of hydrogen-bond donors (Lipinski definition) is 2. The first-order valence-corrected chi connectivity index (χ1v) is 4.68. The molecule has 0 amide bonds. The van der Waals surface area contributed by atoms with Gasteiger partial charge in [0.05, 0.1) is 5.69 Å². The average molecular weight is 220 g/mol. The summed E-state index contributed by atoms with van der Waals surface area (Å²) in [5, 5.41) is 0. The van der Waals surface area contributed by atoms with E-state index in [1.165, 1.54) is 30.3 Å². The third kappa shape index (κ3) is 1.82. The van der Waals surface area contributed by atoms with Crippen molar-refractivity contribution in [2.24, 2.45) is 0 Å². The molecule has 2 nitrogen and oxygen atoms in total. The second-order valence-corrected chi connectivity index (χ2v) is 3.47. The van der Waals surface area contributed by atoms with Gasteiger partial charge in [-0.25, -0.2) is 8.78 Å². The molecule has 0 saturated heterocycles. The second kappa shape index (κ2) is 3.81. The van der Waals surface area contributed by atoms with Gasteiger partial charge < -0.3 is 11.5 Å². The van der Waals surface area contributed by atoms with Gasteiger partial charge in [-0.05, 0) is 35.9 Å². The SMILES string of the molecule is Nc1cc(-c2ccc(F)cc2N)ccc1F. The molecule has 0 aromatic heterocycles. The van der Waals surface area contributed by atoms with E-state index in [2.05, 4.69) is 0 Å². The van der Waals surface area contributed by atoms with Crippen LogP contribution in [0.1, 0.15) is 0 Å². The third-order valence-corrected chi connectivity index (χ3v) is 2.32. The van der Waals surface area contributed by atoms with Gasteiger partial charge in [-0.3, -0.25) is 0 Å². The molecule has 0 atom stereocenters. The van der Waals surface area contributed by atoms with Crippen molar-refractivity contribution in [1.29, 1.82) is 0 Å². The van der Waals surface area contributed by atoms with Gasteiger partial charge in [0.2, 0.25) is 0 Å². The first-order valence-electron chi connectivity index (χ1n) is 4.68. The predicted molar refractivity (Wildman–Crippen MR) is 60.6 cm³/mol. The van der Waals surface area contributed by atoms with Crippen LogP contribution in [0.3, 0.4) is 0 Å². The van der Waals surface area contributed by atoms with Crippen LogP contribution in [0.2, 0.25) is 0 Å². The zero-order valence-electron chi connectivity index (χ0n) is 8.37. The number of anilines is 2. The highest BCUT2D eigenvalue weighted by Gasteiger charge is 2.06. The molecular formula is C12H10F2N2. The van der Waals surface area contributed by atoms with Crippen molar-refractivity contribution in [2.75, 3.05) is 11.5 Å². The molecule has 0 aliphatic rings.